The van der Waals surface area contributed by atoms with Crippen LogP contribution in [0.25, 0.3) is 10.9 Å². The first-order valence-electron chi connectivity index (χ1n) is 8.13. The molecule has 1 aromatic carbocycles. The molecular formula is C18H22N2O5. The van der Waals surface area contributed by atoms with Gasteiger partial charge in [-0.25, -0.2) is 0 Å². The molecular weight excluding hydrogens is 324 g/mol. The summed E-state index contributed by atoms with van der Waals surface area (Å²) in [5.41, 5.74) is 0.802. The van der Waals surface area contributed by atoms with Gasteiger partial charge >= 0.3 is 5.97 Å². The van der Waals surface area contributed by atoms with Gasteiger partial charge in [0.05, 0.1) is 20.1 Å². The van der Waals surface area contributed by atoms with E-state index in [0.717, 1.165) is 22.2 Å². The van der Waals surface area contributed by atoms with Crippen molar-refractivity contribution in [3.05, 3.63) is 30.0 Å². The molecule has 1 unspecified atom stereocenters. The smallest absolute Gasteiger partial charge is 0.313 e. The van der Waals surface area contributed by atoms with Crippen LogP contribution in [0, 0.1) is 5.41 Å². The van der Waals surface area contributed by atoms with E-state index in [1.54, 1.807) is 12.0 Å². The summed E-state index contributed by atoms with van der Waals surface area (Å²) in [6.45, 7) is 0.719. The molecule has 3 rings (SSSR count). The normalized spacial score (nSPS) is 20.2. The number of nitrogens with one attached hydrogen (secondary N) is 1. The van der Waals surface area contributed by atoms with Gasteiger partial charge in [-0.15, -0.1) is 0 Å². The number of aromatic nitrogens is 1. The van der Waals surface area contributed by atoms with Crippen LogP contribution in [0.15, 0.2) is 24.4 Å². The van der Waals surface area contributed by atoms with Crippen molar-refractivity contribution in [1.29, 1.82) is 0 Å². The fraction of sp³-hybridized carbons (Fsp3) is 0.444. The van der Waals surface area contributed by atoms with Gasteiger partial charge in [0.15, 0.2) is 0 Å². The fourth-order valence-corrected chi connectivity index (χ4v) is 3.42. The van der Waals surface area contributed by atoms with E-state index in [0.29, 0.717) is 13.0 Å². The van der Waals surface area contributed by atoms with Crippen molar-refractivity contribution in [3.63, 3.8) is 0 Å². The molecule has 0 radical (unpaired) electrons. The van der Waals surface area contributed by atoms with E-state index in [1.165, 1.54) is 7.11 Å². The lowest BCUT2D eigenvalue weighted by atomic mass is 9.88. The molecule has 1 aliphatic rings. The molecule has 1 fully saturated rings. The number of likely N-dealkylation sites (tertiary alicyclic amines) is 1. The van der Waals surface area contributed by atoms with E-state index in [9.17, 15) is 14.7 Å². The number of carbonyl (C=O) groups is 2. The maximum atomic E-state index is 12.7. The number of methoxy groups -OCH3 is 2. The van der Waals surface area contributed by atoms with Crippen molar-refractivity contribution < 1.29 is 24.2 Å². The summed E-state index contributed by atoms with van der Waals surface area (Å²) >= 11 is 0. The number of hydrogen-bond donors (Lipinski definition) is 2. The number of aliphatic carboxylic acids is 1. The number of hydrogen-bond acceptors (Lipinski definition) is 4. The number of aromatic amines is 1. The Morgan fingerprint density at radius 3 is 2.84 bits per heavy atom. The third-order valence-corrected chi connectivity index (χ3v) is 4.90. The highest BCUT2D eigenvalue weighted by atomic mass is 16.5. The number of fused-ring (bicyclic) bond motifs is 1. The average Bonchev–Trinajstić information content (AvgIpc) is 3.20. The quantitative estimate of drug-likeness (QED) is 0.830. The molecule has 1 amide bonds. The molecule has 1 aliphatic heterocycles. The summed E-state index contributed by atoms with van der Waals surface area (Å²) in [5.74, 6) is -0.267. The van der Waals surface area contributed by atoms with Crippen molar-refractivity contribution >= 4 is 22.8 Å². The zero-order chi connectivity index (χ0) is 18.0. The Bertz CT molecular complexity index is 800. The highest BCUT2D eigenvalue weighted by Gasteiger charge is 2.46. The first-order valence-corrected chi connectivity index (χ1v) is 8.13. The number of carbonyl (C=O) groups excluding carboxylic acids is 1. The Labute approximate surface area is 145 Å². The summed E-state index contributed by atoms with van der Waals surface area (Å²) in [7, 11) is 3.08. The van der Waals surface area contributed by atoms with Gasteiger partial charge in [0, 0.05) is 37.3 Å². The molecule has 1 aromatic heterocycles. The van der Waals surface area contributed by atoms with Crippen molar-refractivity contribution in [2.75, 3.05) is 33.9 Å². The monoisotopic (exact) mass is 346 g/mol. The number of ether oxygens (including phenoxy) is 2. The van der Waals surface area contributed by atoms with Gasteiger partial charge in [-0.1, -0.05) is 0 Å². The Balaban J connectivity index is 1.76. The molecule has 25 heavy (non-hydrogen) atoms. The SMILES string of the molecule is COCC1(C(=O)O)CCN(C(=O)Cc2c[nH]c3ccc(OC)cc23)C1. The zero-order valence-electron chi connectivity index (χ0n) is 14.4. The number of benzene rings is 1. The molecule has 7 heteroatoms. The molecule has 2 N–H and O–H groups in total. The van der Waals surface area contributed by atoms with Crippen LogP contribution in [0.1, 0.15) is 12.0 Å². The van der Waals surface area contributed by atoms with Gasteiger partial charge in [-0.05, 0) is 30.2 Å². The number of rotatable bonds is 6. The van der Waals surface area contributed by atoms with E-state index in [1.807, 2.05) is 24.4 Å². The highest BCUT2D eigenvalue weighted by Crippen LogP contribution is 2.32. The molecule has 0 aliphatic carbocycles. The van der Waals surface area contributed by atoms with Crippen LogP contribution >= 0.6 is 0 Å². The first-order chi connectivity index (χ1) is 12.0. The van der Waals surface area contributed by atoms with Crippen LogP contribution in [0.5, 0.6) is 5.75 Å². The van der Waals surface area contributed by atoms with Crippen LogP contribution in [0.3, 0.4) is 0 Å². The molecule has 2 aromatic rings. The standard InChI is InChI=1S/C18H22N2O5/c1-24-11-18(17(22)23)5-6-20(10-18)16(21)7-12-9-19-15-4-3-13(25-2)8-14(12)15/h3-4,8-9,19H,5-7,10-11H2,1-2H3,(H,22,23). The summed E-state index contributed by atoms with van der Waals surface area (Å²) < 4.78 is 10.3. The Morgan fingerprint density at radius 1 is 1.36 bits per heavy atom. The topological polar surface area (TPSA) is 91.9 Å². The number of amides is 1. The largest absolute Gasteiger partial charge is 0.497 e. The van der Waals surface area contributed by atoms with E-state index in [4.69, 9.17) is 9.47 Å². The maximum absolute atomic E-state index is 12.7. The zero-order valence-corrected chi connectivity index (χ0v) is 14.4. The predicted octanol–water partition coefficient (Wildman–Crippen LogP) is 1.67. The molecule has 1 saturated heterocycles. The van der Waals surface area contributed by atoms with E-state index in [2.05, 4.69) is 4.98 Å². The number of carboxylic acid groups (broad SMARTS) is 1. The van der Waals surface area contributed by atoms with Crippen LogP contribution < -0.4 is 4.74 Å². The molecule has 2 heterocycles. The average molecular weight is 346 g/mol. The lowest BCUT2D eigenvalue weighted by Gasteiger charge is -2.23. The summed E-state index contributed by atoms with van der Waals surface area (Å²) in [4.78, 5) is 29.0. The lowest BCUT2D eigenvalue weighted by molar-refractivity contribution is -0.151. The second-order valence-corrected chi connectivity index (χ2v) is 6.49. The third kappa shape index (κ3) is 3.19. The molecule has 0 saturated carbocycles. The minimum absolute atomic E-state index is 0.0806. The first kappa shape index (κ1) is 17.3. The molecule has 0 spiro atoms. The van der Waals surface area contributed by atoms with Gasteiger partial charge in [-0.2, -0.15) is 0 Å². The van der Waals surface area contributed by atoms with Gasteiger partial charge in [-0.3, -0.25) is 9.59 Å². The summed E-state index contributed by atoms with van der Waals surface area (Å²) in [6, 6.07) is 5.66. The van der Waals surface area contributed by atoms with Crippen LogP contribution in [-0.4, -0.2) is 60.8 Å². The van der Waals surface area contributed by atoms with E-state index >= 15 is 0 Å². The van der Waals surface area contributed by atoms with Gasteiger partial charge in [0.2, 0.25) is 5.91 Å². The molecule has 0 bridgehead atoms. The minimum Gasteiger partial charge on any atom is -0.497 e. The maximum Gasteiger partial charge on any atom is 0.313 e. The lowest BCUT2D eigenvalue weighted by Crippen LogP contribution is -2.40. The number of H-pyrrole nitrogens is 1. The fourth-order valence-electron chi connectivity index (χ4n) is 3.42. The minimum atomic E-state index is -1.01. The Hall–Kier alpha value is -2.54. The van der Waals surface area contributed by atoms with E-state index in [-0.39, 0.29) is 25.5 Å². The van der Waals surface area contributed by atoms with Crippen molar-refractivity contribution in [1.82, 2.24) is 9.88 Å². The number of nitrogens with zero attached hydrogens (tertiary/aromatic N) is 1. The Morgan fingerprint density at radius 2 is 2.16 bits per heavy atom. The van der Waals surface area contributed by atoms with Crippen molar-refractivity contribution in [2.24, 2.45) is 5.41 Å². The van der Waals surface area contributed by atoms with Crippen molar-refractivity contribution in [3.8, 4) is 5.75 Å². The van der Waals surface area contributed by atoms with Gasteiger partial charge in [0.1, 0.15) is 11.2 Å². The van der Waals surface area contributed by atoms with Crippen molar-refractivity contribution in [2.45, 2.75) is 12.8 Å². The summed E-state index contributed by atoms with van der Waals surface area (Å²) in [6.07, 6.45) is 2.44. The highest BCUT2D eigenvalue weighted by molar-refractivity contribution is 5.90. The predicted molar refractivity (Wildman–Crippen MR) is 91.7 cm³/mol. The van der Waals surface area contributed by atoms with Gasteiger partial charge < -0.3 is 24.5 Å². The summed E-state index contributed by atoms with van der Waals surface area (Å²) in [5, 5.41) is 10.5. The Kier molecular flexibility index (Phi) is 4.67. The molecule has 7 nitrogen and oxygen atoms in total. The second kappa shape index (κ2) is 6.76. The third-order valence-electron chi connectivity index (χ3n) is 4.90. The van der Waals surface area contributed by atoms with Crippen LogP contribution in [0.2, 0.25) is 0 Å². The van der Waals surface area contributed by atoms with Crippen LogP contribution in [0.4, 0.5) is 0 Å². The molecule has 134 valence electrons. The second-order valence-electron chi connectivity index (χ2n) is 6.49. The number of carboxylic acids is 1. The molecule has 1 atom stereocenters. The van der Waals surface area contributed by atoms with Gasteiger partial charge in [0.25, 0.3) is 0 Å². The van der Waals surface area contributed by atoms with E-state index < -0.39 is 11.4 Å². The van der Waals surface area contributed by atoms with Crippen LogP contribution in [-0.2, 0) is 20.7 Å².